The van der Waals surface area contributed by atoms with Crippen LogP contribution in [0.4, 0.5) is 5.69 Å². The quantitative estimate of drug-likeness (QED) is 0.451. The number of hydrogen-bond donors (Lipinski definition) is 1. The monoisotopic (exact) mass is 503 g/mol. The van der Waals surface area contributed by atoms with Crippen molar-refractivity contribution < 1.29 is 22.7 Å². The van der Waals surface area contributed by atoms with E-state index in [0.717, 1.165) is 23.8 Å². The number of benzene rings is 2. The van der Waals surface area contributed by atoms with E-state index in [2.05, 4.69) is 5.32 Å². The average Bonchev–Trinajstić information content (AvgIpc) is 2.83. The van der Waals surface area contributed by atoms with Crippen LogP contribution in [0.25, 0.3) is 0 Å². The number of carbonyl (C=O) groups excluding carboxylic acids is 2. The highest BCUT2D eigenvalue weighted by atomic mass is 32.2. The molecule has 35 heavy (non-hydrogen) atoms. The van der Waals surface area contributed by atoms with Gasteiger partial charge in [0.15, 0.2) is 0 Å². The van der Waals surface area contributed by atoms with Gasteiger partial charge in [0.1, 0.15) is 11.8 Å². The Morgan fingerprint density at radius 3 is 2.37 bits per heavy atom. The fourth-order valence-corrected chi connectivity index (χ4v) is 4.74. The maximum Gasteiger partial charge on any atom is 0.242 e. The largest absolute Gasteiger partial charge is 0.495 e. The van der Waals surface area contributed by atoms with Crippen LogP contribution < -0.4 is 14.4 Å². The van der Waals surface area contributed by atoms with Crippen LogP contribution >= 0.6 is 0 Å². The molecule has 0 heterocycles. The Bertz CT molecular complexity index is 1100. The van der Waals surface area contributed by atoms with Crippen molar-refractivity contribution in [1.82, 2.24) is 10.2 Å². The van der Waals surface area contributed by atoms with Gasteiger partial charge in [-0.15, -0.1) is 0 Å². The molecule has 0 aromatic heterocycles. The Morgan fingerprint density at radius 2 is 1.74 bits per heavy atom. The Kier molecular flexibility index (Phi) is 10.6. The van der Waals surface area contributed by atoms with Crippen LogP contribution in [0.15, 0.2) is 48.5 Å². The lowest BCUT2D eigenvalue weighted by Crippen LogP contribution is -2.48. The van der Waals surface area contributed by atoms with Crippen molar-refractivity contribution in [3.63, 3.8) is 0 Å². The standard InChI is InChI=1S/C26H37N3O5S/c1-6-17-27-26(31)21(3)28(19-22-13-8-7-12-20(22)2)25(30)16-11-18-29(35(5,32)33)23-14-9-10-15-24(23)34-4/h7-10,12-15,21H,6,11,16-19H2,1-5H3,(H,27,31)/t21-/m0/s1. The van der Waals surface area contributed by atoms with Crippen LogP contribution in [0, 0.1) is 6.92 Å². The SMILES string of the molecule is CCCNC(=O)[C@H](C)N(Cc1ccccc1C)C(=O)CCCN(c1ccccc1OC)S(C)(=O)=O. The Hall–Kier alpha value is -3.07. The molecule has 0 saturated carbocycles. The Labute approximate surface area is 209 Å². The second-order valence-corrected chi connectivity index (χ2v) is 10.4. The van der Waals surface area contributed by atoms with Gasteiger partial charge in [0.2, 0.25) is 21.8 Å². The second kappa shape index (κ2) is 13.1. The molecule has 2 aromatic carbocycles. The molecule has 192 valence electrons. The van der Waals surface area contributed by atoms with Gasteiger partial charge in [-0.1, -0.05) is 43.3 Å². The van der Waals surface area contributed by atoms with Crippen LogP contribution in [0.1, 0.15) is 44.2 Å². The number of anilines is 1. The van der Waals surface area contributed by atoms with Crippen molar-refractivity contribution in [3.05, 3.63) is 59.7 Å². The van der Waals surface area contributed by atoms with Crippen molar-refractivity contribution in [3.8, 4) is 5.75 Å². The molecular weight excluding hydrogens is 466 g/mol. The number of methoxy groups -OCH3 is 1. The van der Waals surface area contributed by atoms with E-state index in [9.17, 15) is 18.0 Å². The van der Waals surface area contributed by atoms with Crippen molar-refractivity contribution >= 4 is 27.5 Å². The highest BCUT2D eigenvalue weighted by molar-refractivity contribution is 7.92. The molecule has 9 heteroatoms. The highest BCUT2D eigenvalue weighted by Crippen LogP contribution is 2.29. The number of aryl methyl sites for hydroxylation is 1. The number of sulfonamides is 1. The van der Waals surface area contributed by atoms with Gasteiger partial charge in [-0.2, -0.15) is 0 Å². The normalized spacial score (nSPS) is 12.0. The number of amides is 2. The first-order valence-corrected chi connectivity index (χ1v) is 13.7. The maximum atomic E-state index is 13.3. The van der Waals surface area contributed by atoms with E-state index < -0.39 is 16.1 Å². The molecule has 0 radical (unpaired) electrons. The predicted octanol–water partition coefficient (Wildman–Crippen LogP) is 3.49. The lowest BCUT2D eigenvalue weighted by Gasteiger charge is -2.30. The summed E-state index contributed by atoms with van der Waals surface area (Å²) in [4.78, 5) is 27.6. The van der Waals surface area contributed by atoms with E-state index in [4.69, 9.17) is 4.74 Å². The highest BCUT2D eigenvalue weighted by Gasteiger charge is 2.27. The van der Waals surface area contributed by atoms with Crippen molar-refractivity contribution in [1.29, 1.82) is 0 Å². The lowest BCUT2D eigenvalue weighted by molar-refractivity contribution is -0.140. The predicted molar refractivity (Wildman–Crippen MR) is 139 cm³/mol. The Balaban J connectivity index is 2.19. The van der Waals surface area contributed by atoms with Crippen LogP contribution in [-0.2, 0) is 26.2 Å². The van der Waals surface area contributed by atoms with Crippen LogP contribution in [-0.4, -0.2) is 57.6 Å². The smallest absolute Gasteiger partial charge is 0.242 e. The molecule has 1 atom stereocenters. The summed E-state index contributed by atoms with van der Waals surface area (Å²) in [6.45, 7) is 6.61. The zero-order valence-electron chi connectivity index (χ0n) is 21.3. The van der Waals surface area contributed by atoms with Crippen LogP contribution in [0.3, 0.4) is 0 Å². The molecule has 0 aliphatic carbocycles. The maximum absolute atomic E-state index is 13.3. The van der Waals surface area contributed by atoms with Gasteiger partial charge in [0.25, 0.3) is 0 Å². The summed E-state index contributed by atoms with van der Waals surface area (Å²) in [5, 5.41) is 2.86. The lowest BCUT2D eigenvalue weighted by atomic mass is 10.1. The summed E-state index contributed by atoms with van der Waals surface area (Å²) < 4.78 is 31.6. The first kappa shape index (κ1) is 28.2. The van der Waals surface area contributed by atoms with E-state index in [-0.39, 0.29) is 31.2 Å². The number of nitrogens with one attached hydrogen (secondary N) is 1. The molecule has 2 aromatic rings. The van der Waals surface area contributed by atoms with Gasteiger partial charge in [0, 0.05) is 26.1 Å². The summed E-state index contributed by atoms with van der Waals surface area (Å²) in [5.41, 5.74) is 2.42. The molecule has 0 unspecified atom stereocenters. The summed E-state index contributed by atoms with van der Waals surface area (Å²) in [7, 11) is -2.12. The minimum atomic E-state index is -3.60. The number of nitrogens with zero attached hydrogens (tertiary/aromatic N) is 2. The molecule has 0 fully saturated rings. The van der Waals surface area contributed by atoms with Crippen LogP contribution in [0.5, 0.6) is 5.75 Å². The summed E-state index contributed by atoms with van der Waals surface area (Å²) in [6.07, 6.45) is 2.32. The molecule has 1 N–H and O–H groups in total. The third-order valence-electron chi connectivity index (χ3n) is 5.82. The van der Waals surface area contributed by atoms with Gasteiger partial charge < -0.3 is 15.0 Å². The molecular formula is C26H37N3O5S. The van der Waals surface area contributed by atoms with E-state index in [1.807, 2.05) is 38.1 Å². The zero-order valence-corrected chi connectivity index (χ0v) is 22.1. The van der Waals surface area contributed by atoms with E-state index in [1.165, 1.54) is 11.4 Å². The first-order valence-electron chi connectivity index (χ1n) is 11.8. The van der Waals surface area contributed by atoms with Gasteiger partial charge in [-0.3, -0.25) is 13.9 Å². The zero-order chi connectivity index (χ0) is 26.0. The van der Waals surface area contributed by atoms with Gasteiger partial charge >= 0.3 is 0 Å². The topological polar surface area (TPSA) is 96.0 Å². The second-order valence-electron chi connectivity index (χ2n) is 8.53. The fraction of sp³-hybridized carbons (Fsp3) is 0.462. The molecule has 2 rings (SSSR count). The third kappa shape index (κ3) is 7.99. The summed E-state index contributed by atoms with van der Waals surface area (Å²) in [5.74, 6) is 0.0214. The number of hydrogen-bond acceptors (Lipinski definition) is 5. The Morgan fingerprint density at radius 1 is 1.09 bits per heavy atom. The first-order chi connectivity index (χ1) is 16.6. The van der Waals surface area contributed by atoms with E-state index >= 15 is 0 Å². The molecule has 0 aliphatic rings. The average molecular weight is 504 g/mol. The number of carbonyl (C=O) groups is 2. The van der Waals surface area contributed by atoms with Crippen molar-refractivity contribution in [2.45, 2.75) is 52.6 Å². The minimum Gasteiger partial charge on any atom is -0.495 e. The van der Waals surface area contributed by atoms with E-state index in [1.54, 1.807) is 36.1 Å². The minimum absolute atomic E-state index is 0.0957. The molecule has 2 amide bonds. The van der Waals surface area contributed by atoms with Crippen molar-refractivity contribution in [2.75, 3.05) is 30.8 Å². The summed E-state index contributed by atoms with van der Waals surface area (Å²) in [6, 6.07) is 14.0. The molecule has 0 spiro atoms. The fourth-order valence-electron chi connectivity index (χ4n) is 3.77. The summed E-state index contributed by atoms with van der Waals surface area (Å²) >= 11 is 0. The van der Waals surface area contributed by atoms with Crippen LogP contribution in [0.2, 0.25) is 0 Å². The van der Waals surface area contributed by atoms with Crippen molar-refractivity contribution in [2.24, 2.45) is 0 Å². The number of ether oxygens (including phenoxy) is 1. The van der Waals surface area contributed by atoms with Gasteiger partial charge in [-0.25, -0.2) is 8.42 Å². The van der Waals surface area contributed by atoms with Gasteiger partial charge in [0.05, 0.1) is 19.1 Å². The third-order valence-corrected chi connectivity index (χ3v) is 7.00. The molecule has 8 nitrogen and oxygen atoms in total. The molecule has 0 saturated heterocycles. The van der Waals surface area contributed by atoms with E-state index in [0.29, 0.717) is 24.5 Å². The molecule has 0 aliphatic heterocycles. The van der Waals surface area contributed by atoms with Gasteiger partial charge in [-0.05, 0) is 49.9 Å². The molecule has 0 bridgehead atoms. The number of para-hydroxylation sites is 2. The number of rotatable bonds is 13.